The van der Waals surface area contributed by atoms with Gasteiger partial charge in [-0.05, 0) is 42.3 Å². The quantitative estimate of drug-likeness (QED) is 0.847. The summed E-state index contributed by atoms with van der Waals surface area (Å²) >= 11 is 0. The Hall–Kier alpha value is -2.73. The van der Waals surface area contributed by atoms with Crippen LogP contribution < -0.4 is 0 Å². The lowest BCUT2D eigenvalue weighted by Gasteiger charge is -2.32. The first kappa shape index (κ1) is 17.1. The Morgan fingerprint density at radius 2 is 1.72 bits per heavy atom. The summed E-state index contributed by atoms with van der Waals surface area (Å²) in [6, 6.07) is 14.9. The molecule has 1 fully saturated rings. The van der Waals surface area contributed by atoms with E-state index < -0.39 is 5.97 Å². The molecule has 1 saturated heterocycles. The van der Waals surface area contributed by atoms with Crippen LogP contribution in [0, 0.1) is 6.92 Å². The molecule has 0 aromatic heterocycles. The van der Waals surface area contributed by atoms with E-state index >= 15 is 0 Å². The van der Waals surface area contributed by atoms with Gasteiger partial charge in [-0.15, -0.1) is 5.11 Å². The Morgan fingerprint density at radius 1 is 1.04 bits per heavy atom. The summed E-state index contributed by atoms with van der Waals surface area (Å²) in [7, 11) is 0. The number of aryl methyl sites for hydroxylation is 1. The molecular formula is C19H22N4O2. The highest BCUT2D eigenvalue weighted by Crippen LogP contribution is 2.16. The average Bonchev–Trinajstić information content (AvgIpc) is 2.63. The van der Waals surface area contributed by atoms with Crippen LogP contribution in [0.25, 0.3) is 0 Å². The number of aromatic carboxylic acids is 1. The van der Waals surface area contributed by atoms with Gasteiger partial charge in [0.25, 0.3) is 0 Å². The summed E-state index contributed by atoms with van der Waals surface area (Å²) in [5.41, 5.74) is 3.61. The van der Waals surface area contributed by atoms with Crippen LogP contribution in [-0.4, -0.2) is 47.2 Å². The van der Waals surface area contributed by atoms with E-state index in [1.807, 2.05) is 5.01 Å². The highest BCUT2D eigenvalue weighted by Gasteiger charge is 2.16. The van der Waals surface area contributed by atoms with E-state index in [1.165, 1.54) is 23.3 Å². The standard InChI is InChI=1S/C19H22N4O2/c1-15-4-2-3-5-17(15)14-22-10-12-23(13-11-22)21-20-18-8-6-16(7-9-18)19(24)25/h2-9H,10-14H2,1H3,(H,24,25). The molecule has 1 aliphatic heterocycles. The normalized spacial score (nSPS) is 15.6. The lowest BCUT2D eigenvalue weighted by Crippen LogP contribution is -2.43. The number of piperazine rings is 1. The minimum atomic E-state index is -0.937. The number of hydrogen-bond donors (Lipinski definition) is 1. The Balaban J connectivity index is 1.50. The highest BCUT2D eigenvalue weighted by atomic mass is 16.4. The Morgan fingerprint density at radius 3 is 2.36 bits per heavy atom. The van der Waals surface area contributed by atoms with E-state index in [0.29, 0.717) is 5.69 Å². The van der Waals surface area contributed by atoms with Crippen LogP contribution in [0.5, 0.6) is 0 Å². The summed E-state index contributed by atoms with van der Waals surface area (Å²) < 4.78 is 0. The number of carboxylic acids is 1. The number of nitrogens with zero attached hydrogens (tertiary/aromatic N) is 4. The van der Waals surface area contributed by atoms with Crippen molar-refractivity contribution in [1.29, 1.82) is 0 Å². The predicted molar refractivity (Wildman–Crippen MR) is 95.9 cm³/mol. The molecule has 2 aromatic carbocycles. The van der Waals surface area contributed by atoms with Crippen LogP contribution in [0.4, 0.5) is 5.69 Å². The second-order valence-corrected chi connectivity index (χ2v) is 6.20. The topological polar surface area (TPSA) is 68.5 Å². The molecule has 1 aliphatic rings. The van der Waals surface area contributed by atoms with Crippen LogP contribution in [0.1, 0.15) is 21.5 Å². The zero-order chi connectivity index (χ0) is 17.6. The molecule has 0 radical (unpaired) electrons. The molecule has 25 heavy (non-hydrogen) atoms. The molecule has 0 unspecified atom stereocenters. The van der Waals surface area contributed by atoms with Gasteiger partial charge in [-0.1, -0.05) is 29.5 Å². The number of benzene rings is 2. The molecule has 0 atom stereocenters. The summed E-state index contributed by atoms with van der Waals surface area (Å²) in [6.07, 6.45) is 0. The molecule has 1 heterocycles. The van der Waals surface area contributed by atoms with Gasteiger partial charge in [0.15, 0.2) is 0 Å². The lowest BCUT2D eigenvalue weighted by molar-refractivity contribution is 0.0697. The molecule has 130 valence electrons. The highest BCUT2D eigenvalue weighted by molar-refractivity contribution is 5.87. The summed E-state index contributed by atoms with van der Waals surface area (Å²) in [6.45, 7) is 6.69. The Kier molecular flexibility index (Phi) is 5.40. The fourth-order valence-electron chi connectivity index (χ4n) is 2.80. The maximum atomic E-state index is 10.8. The smallest absolute Gasteiger partial charge is 0.335 e. The molecule has 0 spiro atoms. The molecule has 3 rings (SSSR count). The van der Waals surface area contributed by atoms with Crippen LogP contribution in [0.15, 0.2) is 58.9 Å². The first-order valence-electron chi connectivity index (χ1n) is 8.38. The molecule has 0 bridgehead atoms. The van der Waals surface area contributed by atoms with Crippen molar-refractivity contribution in [2.45, 2.75) is 13.5 Å². The first-order chi connectivity index (χ1) is 12.1. The van der Waals surface area contributed by atoms with E-state index in [2.05, 4.69) is 46.4 Å². The van der Waals surface area contributed by atoms with Gasteiger partial charge in [-0.25, -0.2) is 4.79 Å². The molecule has 0 saturated carbocycles. The summed E-state index contributed by atoms with van der Waals surface area (Å²) in [5, 5.41) is 19.3. The maximum Gasteiger partial charge on any atom is 0.335 e. The zero-order valence-electron chi connectivity index (χ0n) is 14.3. The van der Waals surface area contributed by atoms with Gasteiger partial charge in [0.05, 0.1) is 24.3 Å². The third-order valence-electron chi connectivity index (χ3n) is 4.40. The van der Waals surface area contributed by atoms with Gasteiger partial charge < -0.3 is 5.11 Å². The maximum absolute atomic E-state index is 10.8. The first-order valence-corrected chi connectivity index (χ1v) is 8.38. The van der Waals surface area contributed by atoms with Gasteiger partial charge in [-0.3, -0.25) is 9.91 Å². The van der Waals surface area contributed by atoms with Gasteiger partial charge in [0.2, 0.25) is 0 Å². The summed E-state index contributed by atoms with van der Waals surface area (Å²) in [4.78, 5) is 13.3. The molecule has 1 N–H and O–H groups in total. The summed E-state index contributed by atoms with van der Waals surface area (Å²) in [5.74, 6) is -0.937. The molecule has 2 aromatic rings. The van der Waals surface area contributed by atoms with Crippen molar-refractivity contribution in [2.24, 2.45) is 10.3 Å². The van der Waals surface area contributed by atoms with Gasteiger partial charge in [-0.2, -0.15) is 0 Å². The van der Waals surface area contributed by atoms with Crippen molar-refractivity contribution in [3.05, 3.63) is 65.2 Å². The lowest BCUT2D eigenvalue weighted by atomic mass is 10.1. The number of carboxylic acid groups (broad SMARTS) is 1. The molecule has 0 aliphatic carbocycles. The number of rotatable bonds is 5. The number of hydrogen-bond acceptors (Lipinski definition) is 4. The zero-order valence-corrected chi connectivity index (χ0v) is 14.3. The SMILES string of the molecule is Cc1ccccc1CN1CCN(N=Nc2ccc(C(=O)O)cc2)CC1. The van der Waals surface area contributed by atoms with Crippen LogP contribution in [0.3, 0.4) is 0 Å². The van der Waals surface area contributed by atoms with E-state index in [9.17, 15) is 4.79 Å². The van der Waals surface area contributed by atoms with Gasteiger partial charge >= 0.3 is 5.97 Å². The number of carbonyl (C=O) groups is 1. The van der Waals surface area contributed by atoms with Gasteiger partial charge in [0, 0.05) is 19.6 Å². The molecule has 0 amide bonds. The van der Waals surface area contributed by atoms with E-state index in [1.54, 1.807) is 12.1 Å². The van der Waals surface area contributed by atoms with Gasteiger partial charge in [0.1, 0.15) is 0 Å². The Labute approximate surface area is 147 Å². The minimum Gasteiger partial charge on any atom is -0.478 e. The predicted octanol–water partition coefficient (Wildman–Crippen LogP) is 3.51. The monoisotopic (exact) mass is 338 g/mol. The second kappa shape index (κ2) is 7.90. The van der Waals surface area contributed by atoms with Crippen molar-refractivity contribution in [3.63, 3.8) is 0 Å². The molecule has 6 heteroatoms. The molecular weight excluding hydrogens is 316 g/mol. The van der Waals surface area contributed by atoms with Crippen molar-refractivity contribution in [1.82, 2.24) is 9.91 Å². The van der Waals surface area contributed by atoms with Crippen molar-refractivity contribution in [3.8, 4) is 0 Å². The van der Waals surface area contributed by atoms with Crippen molar-refractivity contribution >= 4 is 11.7 Å². The van der Waals surface area contributed by atoms with Crippen LogP contribution in [0.2, 0.25) is 0 Å². The van der Waals surface area contributed by atoms with E-state index in [0.717, 1.165) is 32.7 Å². The minimum absolute atomic E-state index is 0.253. The van der Waals surface area contributed by atoms with E-state index in [-0.39, 0.29) is 5.56 Å². The van der Waals surface area contributed by atoms with Crippen molar-refractivity contribution in [2.75, 3.05) is 26.2 Å². The third-order valence-corrected chi connectivity index (χ3v) is 4.40. The van der Waals surface area contributed by atoms with Crippen molar-refractivity contribution < 1.29 is 9.90 Å². The van der Waals surface area contributed by atoms with E-state index in [4.69, 9.17) is 5.11 Å². The largest absolute Gasteiger partial charge is 0.478 e. The molecule has 6 nitrogen and oxygen atoms in total. The average molecular weight is 338 g/mol. The van der Waals surface area contributed by atoms with Crippen LogP contribution >= 0.6 is 0 Å². The third kappa shape index (κ3) is 4.64. The Bertz CT molecular complexity index is 750. The second-order valence-electron chi connectivity index (χ2n) is 6.20. The van der Waals surface area contributed by atoms with Crippen LogP contribution in [-0.2, 0) is 6.54 Å². The fourth-order valence-corrected chi connectivity index (χ4v) is 2.80. The fraction of sp³-hybridized carbons (Fsp3) is 0.316.